The van der Waals surface area contributed by atoms with Gasteiger partial charge in [0.15, 0.2) is 0 Å². The van der Waals surface area contributed by atoms with Gasteiger partial charge in [0.2, 0.25) is 0 Å². The molecule has 1 unspecified atom stereocenters. The summed E-state index contributed by atoms with van der Waals surface area (Å²) in [6.45, 7) is 2.56. The summed E-state index contributed by atoms with van der Waals surface area (Å²) in [5, 5.41) is 4.45. The molecule has 2 N–H and O–H groups in total. The van der Waals surface area contributed by atoms with Crippen molar-refractivity contribution in [2.75, 3.05) is 0 Å². The predicted octanol–water partition coefficient (Wildman–Crippen LogP) is 5.09. The van der Waals surface area contributed by atoms with Crippen molar-refractivity contribution < 1.29 is 0 Å². The van der Waals surface area contributed by atoms with Crippen molar-refractivity contribution in [3.63, 3.8) is 0 Å². The third-order valence-electron chi connectivity index (χ3n) is 4.81. The number of nitrogens with zero attached hydrogens (tertiary/aromatic N) is 1. The average Bonchev–Trinajstić information content (AvgIpc) is 2.73. The van der Waals surface area contributed by atoms with Gasteiger partial charge in [0.1, 0.15) is 5.82 Å². The first kappa shape index (κ1) is 18.4. The molecule has 4 aromatic rings. The van der Waals surface area contributed by atoms with E-state index in [9.17, 15) is 4.79 Å². The zero-order chi connectivity index (χ0) is 19.5. The molecule has 1 heterocycles. The molecule has 0 aliphatic carbocycles. The number of aromatic amines is 1. The van der Waals surface area contributed by atoms with Crippen molar-refractivity contribution in [2.24, 2.45) is 0 Å². The van der Waals surface area contributed by atoms with E-state index in [0.717, 1.165) is 0 Å². The van der Waals surface area contributed by atoms with Gasteiger partial charge in [-0.1, -0.05) is 66.2 Å². The maximum Gasteiger partial charge on any atom is 0.258 e. The Morgan fingerprint density at radius 3 is 2.46 bits per heavy atom. The van der Waals surface area contributed by atoms with E-state index in [4.69, 9.17) is 11.6 Å². The van der Waals surface area contributed by atoms with Crippen LogP contribution in [-0.2, 0) is 6.54 Å². The molecule has 0 saturated heterocycles. The molecule has 0 bridgehead atoms. The lowest BCUT2D eigenvalue weighted by molar-refractivity contribution is 0.559. The van der Waals surface area contributed by atoms with Gasteiger partial charge in [0.05, 0.1) is 17.4 Å². The van der Waals surface area contributed by atoms with Crippen LogP contribution in [0.3, 0.4) is 0 Å². The van der Waals surface area contributed by atoms with E-state index in [-0.39, 0.29) is 11.6 Å². The minimum absolute atomic E-state index is 0.121. The summed E-state index contributed by atoms with van der Waals surface area (Å²) >= 11 is 5.96. The second-order valence-corrected chi connectivity index (χ2v) is 7.20. The van der Waals surface area contributed by atoms with Crippen LogP contribution in [0, 0.1) is 0 Å². The number of H-pyrrole nitrogens is 1. The monoisotopic (exact) mass is 389 g/mol. The number of halogens is 1. The lowest BCUT2D eigenvalue weighted by Crippen LogP contribution is -2.22. The highest BCUT2D eigenvalue weighted by atomic mass is 35.5. The van der Waals surface area contributed by atoms with Gasteiger partial charge < -0.3 is 10.3 Å². The zero-order valence-electron chi connectivity index (χ0n) is 15.4. The summed E-state index contributed by atoms with van der Waals surface area (Å²) in [7, 11) is 0. The lowest BCUT2D eigenvalue weighted by atomic mass is 10.0. The van der Waals surface area contributed by atoms with E-state index >= 15 is 0 Å². The highest BCUT2D eigenvalue weighted by molar-refractivity contribution is 6.31. The number of aromatic nitrogens is 2. The number of nitrogens with one attached hydrogen (secondary N) is 2. The Kier molecular flexibility index (Phi) is 5.24. The Balaban J connectivity index is 1.47. The van der Waals surface area contributed by atoms with E-state index in [2.05, 4.69) is 58.6 Å². The maximum atomic E-state index is 12.3. The molecular formula is C23H20ClN3O. The number of rotatable bonds is 5. The standard InChI is InChI=1S/C23H20ClN3O/c1-15(16-7-9-18(10-8-16)17-5-3-2-4-6-17)25-14-22-26-21-12-11-19(24)13-20(21)23(28)27-22/h2-13,15,25H,14H2,1H3,(H,26,27,28). The van der Waals surface area contributed by atoms with E-state index < -0.39 is 0 Å². The summed E-state index contributed by atoms with van der Waals surface area (Å²) in [6, 6.07) is 24.1. The molecule has 3 aromatic carbocycles. The fraction of sp³-hybridized carbons (Fsp3) is 0.130. The second-order valence-electron chi connectivity index (χ2n) is 6.76. The minimum Gasteiger partial charge on any atom is -0.309 e. The molecule has 5 heteroatoms. The van der Waals surface area contributed by atoms with Crippen LogP contribution in [0.2, 0.25) is 5.02 Å². The first-order valence-corrected chi connectivity index (χ1v) is 9.55. The summed E-state index contributed by atoms with van der Waals surface area (Å²) < 4.78 is 0. The quantitative estimate of drug-likeness (QED) is 0.499. The van der Waals surface area contributed by atoms with Crippen LogP contribution >= 0.6 is 11.6 Å². The Labute approximate surface area is 168 Å². The van der Waals surface area contributed by atoms with Crippen LogP contribution < -0.4 is 10.9 Å². The van der Waals surface area contributed by atoms with Crippen molar-refractivity contribution in [2.45, 2.75) is 19.5 Å². The van der Waals surface area contributed by atoms with Crippen LogP contribution in [0.4, 0.5) is 0 Å². The molecule has 1 atom stereocenters. The summed E-state index contributed by atoms with van der Waals surface area (Å²) in [4.78, 5) is 19.6. The first-order chi connectivity index (χ1) is 13.6. The summed E-state index contributed by atoms with van der Waals surface area (Å²) in [5.41, 5.74) is 4.03. The molecule has 0 fully saturated rings. The molecule has 28 heavy (non-hydrogen) atoms. The third kappa shape index (κ3) is 3.98. The maximum absolute atomic E-state index is 12.3. The molecule has 4 rings (SSSR count). The molecule has 0 radical (unpaired) electrons. The summed E-state index contributed by atoms with van der Waals surface area (Å²) in [6.07, 6.45) is 0. The molecule has 0 amide bonds. The highest BCUT2D eigenvalue weighted by Gasteiger charge is 2.08. The molecule has 0 saturated carbocycles. The van der Waals surface area contributed by atoms with Gasteiger partial charge in [-0.15, -0.1) is 0 Å². The number of benzene rings is 3. The fourth-order valence-electron chi connectivity index (χ4n) is 3.21. The van der Waals surface area contributed by atoms with E-state index in [1.54, 1.807) is 18.2 Å². The minimum atomic E-state index is -0.177. The van der Waals surface area contributed by atoms with Gasteiger partial charge >= 0.3 is 0 Å². The normalized spacial score (nSPS) is 12.2. The molecule has 4 nitrogen and oxygen atoms in total. The SMILES string of the molecule is CC(NCc1nc2ccc(Cl)cc2c(=O)[nH]1)c1ccc(-c2ccccc2)cc1. The Morgan fingerprint density at radius 2 is 1.71 bits per heavy atom. The van der Waals surface area contributed by atoms with E-state index in [1.165, 1.54) is 16.7 Å². The van der Waals surface area contributed by atoms with Gasteiger partial charge in [-0.3, -0.25) is 4.79 Å². The Bertz CT molecular complexity index is 1150. The van der Waals surface area contributed by atoms with Crippen molar-refractivity contribution in [3.05, 3.63) is 99.6 Å². The molecule has 0 aliphatic rings. The van der Waals surface area contributed by atoms with Crippen LogP contribution in [-0.4, -0.2) is 9.97 Å². The van der Waals surface area contributed by atoms with E-state index in [0.29, 0.717) is 28.3 Å². The smallest absolute Gasteiger partial charge is 0.258 e. The Hall–Kier alpha value is -2.95. The van der Waals surface area contributed by atoms with Gasteiger partial charge in [0.25, 0.3) is 5.56 Å². The first-order valence-electron chi connectivity index (χ1n) is 9.17. The van der Waals surface area contributed by atoms with Crippen molar-refractivity contribution in [1.82, 2.24) is 15.3 Å². The summed E-state index contributed by atoms with van der Waals surface area (Å²) in [5.74, 6) is 0.604. The molecular weight excluding hydrogens is 370 g/mol. The number of hydrogen-bond acceptors (Lipinski definition) is 3. The largest absolute Gasteiger partial charge is 0.309 e. The molecule has 140 valence electrons. The fourth-order valence-corrected chi connectivity index (χ4v) is 3.38. The third-order valence-corrected chi connectivity index (χ3v) is 5.05. The van der Waals surface area contributed by atoms with Crippen LogP contribution in [0.15, 0.2) is 77.6 Å². The molecule has 1 aromatic heterocycles. The van der Waals surface area contributed by atoms with Gasteiger partial charge in [0, 0.05) is 11.1 Å². The van der Waals surface area contributed by atoms with Gasteiger partial charge in [-0.25, -0.2) is 4.98 Å². The van der Waals surface area contributed by atoms with Crippen molar-refractivity contribution in [3.8, 4) is 11.1 Å². The molecule has 0 spiro atoms. The van der Waals surface area contributed by atoms with Crippen molar-refractivity contribution >= 4 is 22.5 Å². The zero-order valence-corrected chi connectivity index (χ0v) is 16.2. The molecule has 0 aliphatic heterocycles. The highest BCUT2D eigenvalue weighted by Crippen LogP contribution is 2.22. The second kappa shape index (κ2) is 7.97. The van der Waals surface area contributed by atoms with Crippen LogP contribution in [0.5, 0.6) is 0 Å². The van der Waals surface area contributed by atoms with E-state index in [1.807, 2.05) is 18.2 Å². The number of hydrogen-bond donors (Lipinski definition) is 2. The topological polar surface area (TPSA) is 57.8 Å². The van der Waals surface area contributed by atoms with Crippen LogP contribution in [0.25, 0.3) is 22.0 Å². The average molecular weight is 390 g/mol. The van der Waals surface area contributed by atoms with Crippen LogP contribution in [0.1, 0.15) is 24.4 Å². The predicted molar refractivity (Wildman–Crippen MR) is 115 cm³/mol. The van der Waals surface area contributed by atoms with Crippen molar-refractivity contribution in [1.29, 1.82) is 0 Å². The lowest BCUT2D eigenvalue weighted by Gasteiger charge is -2.15. The Morgan fingerprint density at radius 1 is 1.00 bits per heavy atom. The van der Waals surface area contributed by atoms with Gasteiger partial charge in [-0.05, 0) is 41.8 Å². The number of fused-ring (bicyclic) bond motifs is 1. The van der Waals surface area contributed by atoms with Gasteiger partial charge in [-0.2, -0.15) is 0 Å².